The van der Waals surface area contributed by atoms with Gasteiger partial charge in [-0.15, -0.1) is 0 Å². The van der Waals surface area contributed by atoms with E-state index in [1.165, 1.54) is 4.31 Å². The normalized spacial score (nSPS) is 16.8. The Hall–Kier alpha value is -2.06. The highest BCUT2D eigenvalue weighted by Gasteiger charge is 2.28. The topological polar surface area (TPSA) is 83.6 Å². The fourth-order valence-electron chi connectivity index (χ4n) is 3.64. The monoisotopic (exact) mass is 436 g/mol. The summed E-state index contributed by atoms with van der Waals surface area (Å²) < 4.78 is 54.1. The average Bonchev–Trinajstić information content (AvgIpc) is 2.92. The molecule has 0 unspecified atom stereocenters. The summed E-state index contributed by atoms with van der Waals surface area (Å²) in [6.45, 7) is 10.3. The lowest BCUT2D eigenvalue weighted by molar-refractivity contribution is 0.585. The molecule has 2 aromatic rings. The van der Waals surface area contributed by atoms with E-state index in [2.05, 4.69) is 25.5 Å². The lowest BCUT2D eigenvalue weighted by Gasteiger charge is -2.22. The molecule has 0 aliphatic carbocycles. The molecule has 1 saturated heterocycles. The van der Waals surface area contributed by atoms with Crippen molar-refractivity contribution in [1.29, 1.82) is 0 Å². The molecular formula is C21H28N2O4S2. The van der Waals surface area contributed by atoms with Gasteiger partial charge in [0.15, 0.2) is 0 Å². The van der Waals surface area contributed by atoms with Crippen molar-refractivity contribution < 1.29 is 16.8 Å². The van der Waals surface area contributed by atoms with Crippen LogP contribution in [0, 0.1) is 13.8 Å². The van der Waals surface area contributed by atoms with Crippen molar-refractivity contribution in [3.05, 3.63) is 53.1 Å². The number of anilines is 2. The first kappa shape index (κ1) is 21.6. The fourth-order valence-corrected chi connectivity index (χ4v) is 6.72. The van der Waals surface area contributed by atoms with Gasteiger partial charge in [0.2, 0.25) is 10.0 Å². The minimum absolute atomic E-state index is 0.0724. The molecule has 1 fully saturated rings. The van der Waals surface area contributed by atoms with Crippen LogP contribution in [0.1, 0.15) is 43.9 Å². The number of sulfonamides is 2. The van der Waals surface area contributed by atoms with E-state index in [9.17, 15) is 16.8 Å². The molecule has 0 spiro atoms. The molecule has 3 rings (SSSR count). The first-order valence-electron chi connectivity index (χ1n) is 9.56. The van der Waals surface area contributed by atoms with Crippen LogP contribution in [-0.4, -0.2) is 29.1 Å². The third-order valence-electron chi connectivity index (χ3n) is 5.10. The summed E-state index contributed by atoms with van der Waals surface area (Å²) >= 11 is 0. The zero-order chi connectivity index (χ0) is 21.6. The van der Waals surface area contributed by atoms with Gasteiger partial charge in [-0.1, -0.05) is 32.9 Å². The highest BCUT2D eigenvalue weighted by molar-refractivity contribution is 7.93. The lowest BCUT2D eigenvalue weighted by Crippen LogP contribution is -2.25. The predicted molar refractivity (Wildman–Crippen MR) is 118 cm³/mol. The number of hydrogen-bond acceptors (Lipinski definition) is 4. The third-order valence-corrected chi connectivity index (χ3v) is 8.66. The molecule has 0 saturated carbocycles. The number of aryl methyl sites for hydroxylation is 2. The molecule has 2 aromatic carbocycles. The van der Waals surface area contributed by atoms with Crippen molar-refractivity contribution >= 4 is 31.4 Å². The number of benzene rings is 2. The Bertz CT molecular complexity index is 1110. The summed E-state index contributed by atoms with van der Waals surface area (Å²) in [6.07, 6.45) is 0.597. The molecule has 29 heavy (non-hydrogen) atoms. The largest absolute Gasteiger partial charge is 0.280 e. The van der Waals surface area contributed by atoms with Crippen molar-refractivity contribution in [2.24, 2.45) is 0 Å². The molecule has 1 N–H and O–H groups in total. The van der Waals surface area contributed by atoms with E-state index in [1.807, 2.05) is 12.1 Å². The van der Waals surface area contributed by atoms with Crippen molar-refractivity contribution in [1.82, 2.24) is 0 Å². The molecule has 6 nitrogen and oxygen atoms in total. The molecule has 1 aliphatic rings. The van der Waals surface area contributed by atoms with E-state index < -0.39 is 20.0 Å². The van der Waals surface area contributed by atoms with Gasteiger partial charge in [0, 0.05) is 12.2 Å². The van der Waals surface area contributed by atoms with Gasteiger partial charge in [-0.2, -0.15) is 0 Å². The van der Waals surface area contributed by atoms with Gasteiger partial charge in [0.1, 0.15) is 0 Å². The van der Waals surface area contributed by atoms with Crippen molar-refractivity contribution in [2.45, 2.75) is 51.3 Å². The van der Waals surface area contributed by atoms with Crippen LogP contribution in [0.4, 0.5) is 11.4 Å². The molecule has 8 heteroatoms. The van der Waals surface area contributed by atoms with Crippen LogP contribution in [-0.2, 0) is 25.5 Å². The van der Waals surface area contributed by atoms with Crippen LogP contribution in [0.5, 0.6) is 0 Å². The maximum Gasteiger partial charge on any atom is 0.262 e. The van der Waals surface area contributed by atoms with Gasteiger partial charge >= 0.3 is 0 Å². The van der Waals surface area contributed by atoms with Crippen LogP contribution in [0.25, 0.3) is 0 Å². The first-order chi connectivity index (χ1) is 13.3. The fraction of sp³-hybridized carbons (Fsp3) is 0.429. The van der Waals surface area contributed by atoms with Crippen molar-refractivity contribution in [3.8, 4) is 0 Å². The molecule has 0 bridgehead atoms. The molecule has 0 aromatic heterocycles. The zero-order valence-corrected chi connectivity index (χ0v) is 19.1. The predicted octanol–water partition coefficient (Wildman–Crippen LogP) is 3.94. The minimum Gasteiger partial charge on any atom is -0.280 e. The SMILES string of the molecule is Cc1cc(C(C)(C)C)cc(C)c1S(=O)(=O)Nc1ccc(N2CCCS2(=O)=O)cc1. The Labute approximate surface area is 174 Å². The second-order valence-corrected chi connectivity index (χ2v) is 12.2. The van der Waals surface area contributed by atoms with Crippen LogP contribution < -0.4 is 9.03 Å². The maximum atomic E-state index is 13.0. The van der Waals surface area contributed by atoms with Gasteiger partial charge in [-0.3, -0.25) is 9.03 Å². The molecule has 0 radical (unpaired) electrons. The van der Waals surface area contributed by atoms with E-state index in [0.29, 0.717) is 35.5 Å². The Kier molecular flexibility index (Phi) is 5.47. The summed E-state index contributed by atoms with van der Waals surface area (Å²) in [5, 5.41) is 0. The Morgan fingerprint density at radius 2 is 1.55 bits per heavy atom. The highest BCUT2D eigenvalue weighted by Crippen LogP contribution is 2.31. The second-order valence-electron chi connectivity index (χ2n) is 8.58. The van der Waals surface area contributed by atoms with Gasteiger partial charge in [0.05, 0.1) is 16.3 Å². The number of rotatable bonds is 4. The number of hydrogen-bond donors (Lipinski definition) is 1. The quantitative estimate of drug-likeness (QED) is 0.787. The minimum atomic E-state index is -3.77. The van der Waals surface area contributed by atoms with Gasteiger partial charge in [0.25, 0.3) is 10.0 Å². The van der Waals surface area contributed by atoms with E-state index in [1.54, 1.807) is 38.1 Å². The van der Waals surface area contributed by atoms with Crippen LogP contribution in [0.2, 0.25) is 0 Å². The molecule has 0 atom stereocenters. The summed E-state index contributed by atoms with van der Waals surface area (Å²) in [4.78, 5) is 0.275. The van der Waals surface area contributed by atoms with E-state index >= 15 is 0 Å². The zero-order valence-electron chi connectivity index (χ0n) is 17.5. The summed E-state index contributed by atoms with van der Waals surface area (Å²) in [5.41, 5.74) is 3.35. The molecule has 1 heterocycles. The Morgan fingerprint density at radius 3 is 2.00 bits per heavy atom. The first-order valence-corrected chi connectivity index (χ1v) is 12.7. The Morgan fingerprint density at radius 1 is 1.00 bits per heavy atom. The lowest BCUT2D eigenvalue weighted by atomic mass is 9.85. The van der Waals surface area contributed by atoms with Crippen molar-refractivity contribution in [2.75, 3.05) is 21.3 Å². The van der Waals surface area contributed by atoms with Gasteiger partial charge in [-0.25, -0.2) is 16.8 Å². The summed E-state index contributed by atoms with van der Waals surface area (Å²) in [5.74, 6) is 0.143. The standard InChI is InChI=1S/C21H28N2O4S2/c1-15-13-17(21(3,4)5)14-16(2)20(15)29(26,27)22-18-7-9-19(10-8-18)23-11-6-12-28(23,24)25/h7-10,13-14,22H,6,11-12H2,1-5H3. The summed E-state index contributed by atoms with van der Waals surface area (Å²) in [7, 11) is -7.04. The number of nitrogens with zero attached hydrogens (tertiary/aromatic N) is 1. The van der Waals surface area contributed by atoms with Gasteiger partial charge in [-0.05, 0) is 66.6 Å². The molecule has 1 aliphatic heterocycles. The Balaban J connectivity index is 1.89. The molecule has 158 valence electrons. The average molecular weight is 437 g/mol. The van der Waals surface area contributed by atoms with E-state index in [4.69, 9.17) is 0 Å². The molecular weight excluding hydrogens is 408 g/mol. The second kappa shape index (κ2) is 7.32. The van der Waals surface area contributed by atoms with E-state index in [0.717, 1.165) is 5.56 Å². The van der Waals surface area contributed by atoms with Crippen molar-refractivity contribution in [3.63, 3.8) is 0 Å². The van der Waals surface area contributed by atoms with Crippen LogP contribution >= 0.6 is 0 Å². The van der Waals surface area contributed by atoms with Crippen LogP contribution in [0.15, 0.2) is 41.3 Å². The maximum absolute atomic E-state index is 13.0. The van der Waals surface area contributed by atoms with Crippen LogP contribution in [0.3, 0.4) is 0 Å². The smallest absolute Gasteiger partial charge is 0.262 e. The molecule has 0 amide bonds. The number of nitrogens with one attached hydrogen (secondary N) is 1. The van der Waals surface area contributed by atoms with E-state index in [-0.39, 0.29) is 16.1 Å². The third kappa shape index (κ3) is 4.43. The highest BCUT2D eigenvalue weighted by atomic mass is 32.2. The van der Waals surface area contributed by atoms with Gasteiger partial charge < -0.3 is 0 Å². The summed E-state index contributed by atoms with van der Waals surface area (Å²) in [6, 6.07) is 10.3.